The van der Waals surface area contributed by atoms with E-state index in [9.17, 15) is 0 Å². The molecule has 1 saturated heterocycles. The summed E-state index contributed by atoms with van der Waals surface area (Å²) in [4.78, 5) is 1.83. The van der Waals surface area contributed by atoms with Crippen LogP contribution in [0.1, 0.15) is 0 Å². The number of nitrogens with zero attached hydrogens (tertiary/aromatic N) is 1. The van der Waals surface area contributed by atoms with E-state index in [1.165, 1.54) is 0 Å². The Labute approximate surface area is 54.4 Å². The zero-order valence-corrected chi connectivity index (χ0v) is 5.26. The van der Waals surface area contributed by atoms with Crippen LogP contribution in [0.3, 0.4) is 0 Å². The average molecular weight is 126 g/mol. The third-order valence-electron chi connectivity index (χ3n) is 1.24. The monoisotopic (exact) mass is 126 g/mol. The van der Waals surface area contributed by atoms with Gasteiger partial charge in [0.05, 0.1) is 6.54 Å². The Balaban J connectivity index is 2.39. The van der Waals surface area contributed by atoms with Crippen LogP contribution < -0.4 is 0 Å². The molecular formula is C6H10N2O. The second-order valence-corrected chi connectivity index (χ2v) is 1.89. The van der Waals surface area contributed by atoms with E-state index in [-0.39, 0.29) is 6.02 Å². The molecule has 1 fully saturated rings. The lowest BCUT2D eigenvalue weighted by Crippen LogP contribution is -2.24. The molecule has 0 aromatic carbocycles. The molecule has 0 spiro atoms. The molecule has 1 N–H and O–H groups in total. The fraction of sp³-hybridized carbons (Fsp3) is 0.500. The Hall–Kier alpha value is -0.990. The summed E-state index contributed by atoms with van der Waals surface area (Å²) in [5, 5.41) is 7.17. The standard InChI is InChI=1S/C6H10N2O/c1-2-3-8-4-5-9-6(8)7/h2,7H,1,3-5H2. The van der Waals surface area contributed by atoms with Gasteiger partial charge in [-0.15, -0.1) is 6.58 Å². The lowest BCUT2D eigenvalue weighted by atomic mass is 10.5. The van der Waals surface area contributed by atoms with E-state index >= 15 is 0 Å². The molecule has 9 heavy (non-hydrogen) atoms. The molecule has 1 aliphatic heterocycles. The van der Waals surface area contributed by atoms with E-state index < -0.39 is 0 Å². The maximum absolute atomic E-state index is 7.17. The second kappa shape index (κ2) is 2.53. The smallest absolute Gasteiger partial charge is 0.284 e. The minimum absolute atomic E-state index is 0.273. The van der Waals surface area contributed by atoms with Crippen LogP contribution >= 0.6 is 0 Å². The van der Waals surface area contributed by atoms with Gasteiger partial charge in [-0.25, -0.2) is 0 Å². The number of nitrogens with one attached hydrogen (secondary N) is 1. The summed E-state index contributed by atoms with van der Waals surface area (Å²) < 4.78 is 4.88. The van der Waals surface area contributed by atoms with Gasteiger partial charge >= 0.3 is 0 Å². The number of ether oxygens (including phenoxy) is 1. The Morgan fingerprint density at radius 2 is 2.67 bits per heavy atom. The zero-order chi connectivity index (χ0) is 6.69. The van der Waals surface area contributed by atoms with Gasteiger partial charge in [0.15, 0.2) is 0 Å². The highest BCUT2D eigenvalue weighted by atomic mass is 16.5. The van der Waals surface area contributed by atoms with Crippen LogP contribution in [0.25, 0.3) is 0 Å². The van der Waals surface area contributed by atoms with Crippen LogP contribution in [0.15, 0.2) is 12.7 Å². The van der Waals surface area contributed by atoms with E-state index in [0.717, 1.165) is 13.1 Å². The van der Waals surface area contributed by atoms with Crippen LogP contribution in [0.4, 0.5) is 0 Å². The fourth-order valence-corrected chi connectivity index (χ4v) is 0.775. The summed E-state index contributed by atoms with van der Waals surface area (Å²) >= 11 is 0. The highest BCUT2D eigenvalue weighted by molar-refractivity contribution is 5.71. The highest BCUT2D eigenvalue weighted by Gasteiger charge is 2.15. The molecule has 0 aromatic heterocycles. The zero-order valence-electron chi connectivity index (χ0n) is 5.26. The van der Waals surface area contributed by atoms with Crippen molar-refractivity contribution in [1.29, 1.82) is 5.41 Å². The maximum Gasteiger partial charge on any atom is 0.284 e. The number of amidine groups is 1. The van der Waals surface area contributed by atoms with Crippen molar-refractivity contribution < 1.29 is 4.74 Å². The van der Waals surface area contributed by atoms with Crippen LogP contribution in [-0.4, -0.2) is 30.6 Å². The normalized spacial score (nSPS) is 17.8. The predicted octanol–water partition coefficient (Wildman–Crippen LogP) is 0.439. The van der Waals surface area contributed by atoms with Crippen molar-refractivity contribution >= 4 is 6.02 Å². The minimum atomic E-state index is 0.273. The first-order valence-corrected chi connectivity index (χ1v) is 2.92. The van der Waals surface area contributed by atoms with Crippen molar-refractivity contribution in [1.82, 2.24) is 4.90 Å². The van der Waals surface area contributed by atoms with Crippen molar-refractivity contribution in [2.24, 2.45) is 0 Å². The van der Waals surface area contributed by atoms with Gasteiger partial charge in [0.2, 0.25) is 0 Å². The molecule has 0 aliphatic carbocycles. The molecule has 0 amide bonds. The van der Waals surface area contributed by atoms with Gasteiger partial charge in [-0.05, 0) is 0 Å². The van der Waals surface area contributed by atoms with Crippen LogP contribution in [0.5, 0.6) is 0 Å². The van der Waals surface area contributed by atoms with Crippen LogP contribution in [0, 0.1) is 5.41 Å². The van der Waals surface area contributed by atoms with E-state index in [2.05, 4.69) is 6.58 Å². The average Bonchev–Trinajstić information content (AvgIpc) is 2.18. The number of hydrogen-bond donors (Lipinski definition) is 1. The van der Waals surface area contributed by atoms with E-state index in [0.29, 0.717) is 6.61 Å². The Morgan fingerprint density at radius 3 is 3.11 bits per heavy atom. The molecule has 3 nitrogen and oxygen atoms in total. The van der Waals surface area contributed by atoms with E-state index in [1.807, 2.05) is 4.90 Å². The quantitative estimate of drug-likeness (QED) is 0.545. The van der Waals surface area contributed by atoms with Gasteiger partial charge in [0.1, 0.15) is 6.61 Å². The molecular weight excluding hydrogens is 116 g/mol. The first-order valence-electron chi connectivity index (χ1n) is 2.92. The molecule has 0 saturated carbocycles. The Bertz CT molecular complexity index is 133. The molecule has 0 atom stereocenters. The lowest BCUT2D eigenvalue weighted by molar-refractivity contribution is 0.349. The molecule has 1 heterocycles. The maximum atomic E-state index is 7.17. The fourth-order valence-electron chi connectivity index (χ4n) is 0.775. The van der Waals surface area contributed by atoms with E-state index in [4.69, 9.17) is 10.1 Å². The Kier molecular flexibility index (Phi) is 1.72. The third-order valence-corrected chi connectivity index (χ3v) is 1.24. The van der Waals surface area contributed by atoms with Crippen molar-refractivity contribution in [3.8, 4) is 0 Å². The van der Waals surface area contributed by atoms with Crippen molar-refractivity contribution in [3.63, 3.8) is 0 Å². The minimum Gasteiger partial charge on any atom is -0.463 e. The number of hydrogen-bond acceptors (Lipinski definition) is 2. The van der Waals surface area contributed by atoms with Crippen molar-refractivity contribution in [2.45, 2.75) is 0 Å². The molecule has 0 unspecified atom stereocenters. The van der Waals surface area contributed by atoms with Crippen molar-refractivity contribution in [2.75, 3.05) is 19.7 Å². The van der Waals surface area contributed by atoms with Gasteiger partial charge in [-0.2, -0.15) is 0 Å². The highest BCUT2D eigenvalue weighted by Crippen LogP contribution is 1.99. The first-order chi connectivity index (χ1) is 4.34. The molecule has 1 aliphatic rings. The largest absolute Gasteiger partial charge is 0.463 e. The molecule has 1 rings (SSSR count). The first kappa shape index (κ1) is 6.13. The van der Waals surface area contributed by atoms with Gasteiger partial charge in [0.25, 0.3) is 6.02 Å². The van der Waals surface area contributed by atoms with Gasteiger partial charge < -0.3 is 9.64 Å². The van der Waals surface area contributed by atoms with Crippen molar-refractivity contribution in [3.05, 3.63) is 12.7 Å². The van der Waals surface area contributed by atoms with Gasteiger partial charge in [0, 0.05) is 6.54 Å². The summed E-state index contributed by atoms with van der Waals surface area (Å²) in [5.41, 5.74) is 0. The van der Waals surface area contributed by atoms with Gasteiger partial charge in [-0.3, -0.25) is 5.41 Å². The molecule has 0 aromatic rings. The molecule has 50 valence electrons. The Morgan fingerprint density at radius 1 is 1.89 bits per heavy atom. The molecule has 0 bridgehead atoms. The SMILES string of the molecule is C=CCN1CCOC1=N. The third kappa shape index (κ3) is 1.22. The lowest BCUT2D eigenvalue weighted by Gasteiger charge is -2.09. The second-order valence-electron chi connectivity index (χ2n) is 1.89. The summed E-state index contributed by atoms with van der Waals surface area (Å²) in [5.74, 6) is 0. The van der Waals surface area contributed by atoms with Gasteiger partial charge in [-0.1, -0.05) is 6.08 Å². The summed E-state index contributed by atoms with van der Waals surface area (Å²) in [6.45, 7) is 5.76. The topological polar surface area (TPSA) is 36.3 Å². The number of rotatable bonds is 2. The van der Waals surface area contributed by atoms with Crippen LogP contribution in [-0.2, 0) is 4.74 Å². The molecule has 3 heteroatoms. The predicted molar refractivity (Wildman–Crippen MR) is 35.4 cm³/mol. The van der Waals surface area contributed by atoms with Crippen LogP contribution in [0.2, 0.25) is 0 Å². The summed E-state index contributed by atoms with van der Waals surface area (Å²) in [6.07, 6.45) is 1.77. The van der Waals surface area contributed by atoms with E-state index in [1.54, 1.807) is 6.08 Å². The summed E-state index contributed by atoms with van der Waals surface area (Å²) in [6, 6.07) is 0.273. The molecule has 0 radical (unpaired) electrons. The summed E-state index contributed by atoms with van der Waals surface area (Å²) in [7, 11) is 0.